The van der Waals surface area contributed by atoms with Crippen LogP contribution >= 0.6 is 0 Å². The molecule has 7 heteroatoms. The fourth-order valence-electron chi connectivity index (χ4n) is 4.06. The molecular weight excluding hydrogens is 344 g/mol. The molecule has 1 N–H and O–H groups in total. The number of ether oxygens (including phenoxy) is 1. The number of carbonyl (C=O) groups is 2. The van der Waals surface area contributed by atoms with Crippen molar-refractivity contribution in [2.45, 2.75) is 38.6 Å². The number of methoxy groups -OCH3 is 1. The molecule has 0 aromatic carbocycles. The van der Waals surface area contributed by atoms with Gasteiger partial charge in [-0.2, -0.15) is 0 Å². The summed E-state index contributed by atoms with van der Waals surface area (Å²) in [5.41, 5.74) is 0.488. The van der Waals surface area contributed by atoms with Gasteiger partial charge in [-0.3, -0.25) is 14.5 Å². The second kappa shape index (κ2) is 9.17. The first-order chi connectivity index (χ1) is 13.1. The van der Waals surface area contributed by atoms with Gasteiger partial charge in [0.1, 0.15) is 0 Å². The minimum absolute atomic E-state index is 0.0965. The predicted molar refractivity (Wildman–Crippen MR) is 103 cm³/mol. The summed E-state index contributed by atoms with van der Waals surface area (Å²) in [6, 6.07) is 3.27. The lowest BCUT2D eigenvalue weighted by Gasteiger charge is -2.36. The summed E-state index contributed by atoms with van der Waals surface area (Å²) in [5, 5.41) is 3.05. The van der Waals surface area contributed by atoms with Crippen molar-refractivity contribution in [2.24, 2.45) is 5.92 Å². The molecule has 2 fully saturated rings. The molecular formula is C20H30N4O3. The Kier molecular flexibility index (Phi) is 6.66. The van der Waals surface area contributed by atoms with E-state index in [2.05, 4.69) is 22.1 Å². The Balaban J connectivity index is 1.56. The predicted octanol–water partition coefficient (Wildman–Crippen LogP) is 1.54. The number of rotatable bonds is 6. The van der Waals surface area contributed by atoms with Crippen LogP contribution in [0.1, 0.15) is 43.0 Å². The first-order valence-electron chi connectivity index (χ1n) is 9.94. The number of aromatic nitrogens is 1. The maximum Gasteiger partial charge on any atom is 0.253 e. The van der Waals surface area contributed by atoms with Crippen molar-refractivity contribution in [2.75, 3.05) is 39.8 Å². The monoisotopic (exact) mass is 374 g/mol. The fourth-order valence-corrected chi connectivity index (χ4v) is 4.06. The van der Waals surface area contributed by atoms with E-state index in [-0.39, 0.29) is 23.8 Å². The molecule has 1 aromatic heterocycles. The summed E-state index contributed by atoms with van der Waals surface area (Å²) in [4.78, 5) is 34.0. The van der Waals surface area contributed by atoms with E-state index in [0.717, 1.165) is 58.4 Å². The van der Waals surface area contributed by atoms with Gasteiger partial charge in [-0.25, -0.2) is 4.98 Å². The third-order valence-corrected chi connectivity index (χ3v) is 5.58. The highest BCUT2D eigenvalue weighted by Gasteiger charge is 2.37. The fraction of sp³-hybridized carbons (Fsp3) is 0.650. The number of hydrogen-bond acceptors (Lipinski definition) is 5. The number of carbonyl (C=O) groups excluding carboxylic acids is 2. The molecule has 1 aliphatic heterocycles. The van der Waals surface area contributed by atoms with Gasteiger partial charge < -0.3 is 15.0 Å². The van der Waals surface area contributed by atoms with Crippen molar-refractivity contribution in [3.05, 3.63) is 23.9 Å². The molecule has 0 spiro atoms. The number of hydrogen-bond donors (Lipinski definition) is 1. The van der Waals surface area contributed by atoms with Crippen molar-refractivity contribution in [3.63, 3.8) is 0 Å². The molecule has 2 heterocycles. The Morgan fingerprint density at radius 1 is 1.22 bits per heavy atom. The average Bonchev–Trinajstić information content (AvgIpc) is 3.16. The molecule has 1 saturated heterocycles. The highest BCUT2D eigenvalue weighted by Crippen LogP contribution is 2.28. The van der Waals surface area contributed by atoms with Crippen molar-refractivity contribution < 1.29 is 14.3 Å². The van der Waals surface area contributed by atoms with Crippen LogP contribution in [0.5, 0.6) is 5.88 Å². The summed E-state index contributed by atoms with van der Waals surface area (Å²) in [6.45, 7) is 6.75. The normalized spacial score (nSPS) is 23.3. The topological polar surface area (TPSA) is 74.8 Å². The van der Waals surface area contributed by atoms with Crippen LogP contribution < -0.4 is 10.1 Å². The number of nitrogens with zero attached hydrogens (tertiary/aromatic N) is 3. The van der Waals surface area contributed by atoms with E-state index >= 15 is 0 Å². The summed E-state index contributed by atoms with van der Waals surface area (Å²) >= 11 is 0. The summed E-state index contributed by atoms with van der Waals surface area (Å²) < 4.78 is 5.02. The second-order valence-corrected chi connectivity index (χ2v) is 7.37. The van der Waals surface area contributed by atoms with Crippen molar-refractivity contribution in [3.8, 4) is 5.88 Å². The third-order valence-electron chi connectivity index (χ3n) is 5.58. The lowest BCUT2D eigenvalue weighted by molar-refractivity contribution is -0.137. The number of amides is 2. The van der Waals surface area contributed by atoms with E-state index in [1.54, 1.807) is 19.2 Å². The summed E-state index contributed by atoms with van der Waals surface area (Å²) in [5.74, 6) is 0.380. The van der Waals surface area contributed by atoms with Crippen molar-refractivity contribution >= 4 is 11.8 Å². The minimum Gasteiger partial charge on any atom is -0.481 e. The van der Waals surface area contributed by atoms with Gasteiger partial charge in [-0.15, -0.1) is 0 Å². The largest absolute Gasteiger partial charge is 0.481 e. The molecule has 3 rings (SSSR count). The van der Waals surface area contributed by atoms with Gasteiger partial charge in [0.25, 0.3) is 5.91 Å². The van der Waals surface area contributed by atoms with Crippen LogP contribution in [-0.4, -0.2) is 72.5 Å². The molecule has 27 heavy (non-hydrogen) atoms. The van der Waals surface area contributed by atoms with E-state index in [1.165, 1.54) is 6.20 Å². The molecule has 2 aliphatic rings. The van der Waals surface area contributed by atoms with Gasteiger partial charge in [-0.1, -0.05) is 13.3 Å². The lowest BCUT2D eigenvalue weighted by Crippen LogP contribution is -2.52. The van der Waals surface area contributed by atoms with Gasteiger partial charge in [0.2, 0.25) is 11.8 Å². The highest BCUT2D eigenvalue weighted by atomic mass is 16.5. The molecule has 0 bridgehead atoms. The Bertz CT molecular complexity index is 641. The molecule has 1 saturated carbocycles. The molecule has 0 unspecified atom stereocenters. The van der Waals surface area contributed by atoms with Crippen LogP contribution in [0.25, 0.3) is 0 Å². The van der Waals surface area contributed by atoms with Gasteiger partial charge in [0.05, 0.1) is 18.6 Å². The first-order valence-corrected chi connectivity index (χ1v) is 9.94. The SMILES string of the molecule is CCCN1CCN(C(=O)[C@H]2CCC[C@H]2NC(=O)c2ccc(OC)nc2)CC1. The van der Waals surface area contributed by atoms with Gasteiger partial charge in [-0.05, 0) is 31.9 Å². The molecule has 148 valence electrons. The van der Waals surface area contributed by atoms with Crippen LogP contribution in [0.2, 0.25) is 0 Å². The number of nitrogens with one attached hydrogen (secondary N) is 1. The smallest absolute Gasteiger partial charge is 0.253 e. The zero-order valence-electron chi connectivity index (χ0n) is 16.3. The van der Waals surface area contributed by atoms with Gasteiger partial charge >= 0.3 is 0 Å². The zero-order chi connectivity index (χ0) is 19.2. The first kappa shape index (κ1) is 19.6. The van der Waals surface area contributed by atoms with Crippen LogP contribution in [0, 0.1) is 5.92 Å². The second-order valence-electron chi connectivity index (χ2n) is 7.37. The van der Waals surface area contributed by atoms with Crippen LogP contribution in [0.4, 0.5) is 0 Å². The van der Waals surface area contributed by atoms with Crippen LogP contribution in [0.15, 0.2) is 18.3 Å². The summed E-state index contributed by atoms with van der Waals surface area (Å²) in [6.07, 6.45) is 5.32. The van der Waals surface area contributed by atoms with Crippen molar-refractivity contribution in [1.29, 1.82) is 0 Å². The Hall–Kier alpha value is -2.15. The quantitative estimate of drug-likeness (QED) is 0.818. The van der Waals surface area contributed by atoms with Crippen molar-refractivity contribution in [1.82, 2.24) is 20.1 Å². The molecule has 7 nitrogen and oxygen atoms in total. The zero-order valence-corrected chi connectivity index (χ0v) is 16.3. The molecule has 0 radical (unpaired) electrons. The maximum atomic E-state index is 13.0. The minimum atomic E-state index is -0.178. The van der Waals surface area contributed by atoms with E-state index in [0.29, 0.717) is 11.4 Å². The maximum absolute atomic E-state index is 13.0. The molecule has 1 aliphatic carbocycles. The number of piperazine rings is 1. The molecule has 1 aromatic rings. The van der Waals surface area contributed by atoms with E-state index in [1.807, 2.05) is 4.90 Å². The van der Waals surface area contributed by atoms with E-state index in [9.17, 15) is 9.59 Å². The summed E-state index contributed by atoms with van der Waals surface area (Å²) in [7, 11) is 1.54. The standard InChI is InChI=1S/C20H30N4O3/c1-3-9-23-10-12-24(13-11-23)20(26)16-5-4-6-17(16)22-19(25)15-7-8-18(27-2)21-14-15/h7-8,14,16-17H,3-6,9-13H2,1-2H3,(H,22,25)/t16-,17+/m0/s1. The average molecular weight is 374 g/mol. The third kappa shape index (κ3) is 4.77. The van der Waals surface area contributed by atoms with Crippen LogP contribution in [0.3, 0.4) is 0 Å². The van der Waals surface area contributed by atoms with Crippen LogP contribution in [-0.2, 0) is 4.79 Å². The Morgan fingerprint density at radius 3 is 2.63 bits per heavy atom. The Labute approximate surface area is 161 Å². The molecule has 2 atom stereocenters. The highest BCUT2D eigenvalue weighted by molar-refractivity contribution is 5.94. The lowest BCUT2D eigenvalue weighted by atomic mass is 10.0. The molecule has 2 amide bonds. The Morgan fingerprint density at radius 2 is 2.00 bits per heavy atom. The van der Waals surface area contributed by atoms with E-state index in [4.69, 9.17) is 4.74 Å². The van der Waals surface area contributed by atoms with Gasteiger partial charge in [0, 0.05) is 44.5 Å². The van der Waals surface area contributed by atoms with E-state index < -0.39 is 0 Å². The van der Waals surface area contributed by atoms with Gasteiger partial charge in [0.15, 0.2) is 0 Å². The number of pyridine rings is 1.